The molecule has 0 aliphatic heterocycles. The van der Waals surface area contributed by atoms with Crippen molar-refractivity contribution in [2.24, 2.45) is 5.92 Å². The molecule has 1 aromatic carbocycles. The predicted molar refractivity (Wildman–Crippen MR) is 110 cm³/mol. The molecule has 1 fully saturated rings. The summed E-state index contributed by atoms with van der Waals surface area (Å²) < 4.78 is 6.29. The minimum absolute atomic E-state index is 0.153. The molecule has 0 spiro atoms. The van der Waals surface area contributed by atoms with E-state index in [0.29, 0.717) is 0 Å². The van der Waals surface area contributed by atoms with Gasteiger partial charge in [0.1, 0.15) is 5.75 Å². The van der Waals surface area contributed by atoms with Crippen molar-refractivity contribution in [1.29, 1.82) is 0 Å². The molecule has 0 N–H and O–H groups in total. The second-order valence-electron chi connectivity index (χ2n) is 9.33. The van der Waals surface area contributed by atoms with E-state index >= 15 is 0 Å². The van der Waals surface area contributed by atoms with Crippen LogP contribution in [0.3, 0.4) is 0 Å². The number of hydrogen-bond donors (Lipinski definition) is 0. The highest BCUT2D eigenvalue weighted by molar-refractivity contribution is 5.44. The molecule has 25 heavy (non-hydrogen) atoms. The highest BCUT2D eigenvalue weighted by atomic mass is 16.5. The maximum atomic E-state index is 6.29. The molecule has 0 radical (unpaired) electrons. The summed E-state index contributed by atoms with van der Waals surface area (Å²) in [4.78, 5) is 0. The molecule has 0 amide bonds. The molecule has 0 heterocycles. The number of benzene rings is 1. The summed E-state index contributed by atoms with van der Waals surface area (Å²) in [5.74, 6) is 2.07. The van der Waals surface area contributed by atoms with Gasteiger partial charge in [-0.1, -0.05) is 79.4 Å². The van der Waals surface area contributed by atoms with E-state index in [1.54, 1.807) is 0 Å². The first-order chi connectivity index (χ1) is 11.8. The molecule has 2 rings (SSSR count). The summed E-state index contributed by atoms with van der Waals surface area (Å²) >= 11 is 0. The summed E-state index contributed by atoms with van der Waals surface area (Å²) in [7, 11) is 0. The van der Waals surface area contributed by atoms with E-state index in [1.165, 1.54) is 49.7 Å². The van der Waals surface area contributed by atoms with Gasteiger partial charge in [0, 0.05) is 5.56 Å². The van der Waals surface area contributed by atoms with E-state index in [2.05, 4.69) is 59.7 Å². The van der Waals surface area contributed by atoms with E-state index < -0.39 is 0 Å². The molecule has 142 valence electrons. The first-order valence-electron chi connectivity index (χ1n) is 10.6. The van der Waals surface area contributed by atoms with E-state index in [1.807, 2.05) is 0 Å². The molecule has 0 bridgehead atoms. The first-order valence-corrected chi connectivity index (χ1v) is 10.6. The third-order valence-corrected chi connectivity index (χ3v) is 6.75. The molecule has 0 unspecified atom stereocenters. The van der Waals surface area contributed by atoms with Gasteiger partial charge in [-0.25, -0.2) is 0 Å². The van der Waals surface area contributed by atoms with Crippen molar-refractivity contribution in [3.05, 3.63) is 29.3 Å². The highest BCUT2D eigenvalue weighted by Gasteiger charge is 2.26. The molecule has 0 saturated heterocycles. The fraction of sp³-hybridized carbons (Fsp3) is 0.750. The van der Waals surface area contributed by atoms with E-state index in [-0.39, 0.29) is 10.8 Å². The lowest BCUT2D eigenvalue weighted by Crippen LogP contribution is -2.21. The van der Waals surface area contributed by atoms with Crippen molar-refractivity contribution in [1.82, 2.24) is 0 Å². The Morgan fingerprint density at radius 1 is 0.960 bits per heavy atom. The Morgan fingerprint density at radius 3 is 2.20 bits per heavy atom. The van der Waals surface area contributed by atoms with Crippen LogP contribution in [0.2, 0.25) is 0 Å². The molecule has 0 atom stereocenters. The molecular weight excluding hydrogens is 304 g/mol. The van der Waals surface area contributed by atoms with Gasteiger partial charge in [0.25, 0.3) is 0 Å². The second kappa shape index (κ2) is 8.60. The van der Waals surface area contributed by atoms with E-state index in [0.717, 1.165) is 31.1 Å². The standard InChI is InChI=1S/C24H40O/c1-7-23(3,4)20-15-16-22(21(18-20)24(5,6)8-2)25-17-11-14-19-12-9-10-13-19/h15-16,18-19H,7-14,17H2,1-6H3. The number of rotatable bonds is 9. The van der Waals surface area contributed by atoms with Gasteiger partial charge >= 0.3 is 0 Å². The van der Waals surface area contributed by atoms with Gasteiger partial charge in [-0.05, 0) is 54.1 Å². The quantitative estimate of drug-likeness (QED) is 0.424. The fourth-order valence-corrected chi connectivity index (χ4v) is 3.85. The van der Waals surface area contributed by atoms with Gasteiger partial charge in [-0.15, -0.1) is 0 Å². The monoisotopic (exact) mass is 344 g/mol. The van der Waals surface area contributed by atoms with Crippen LogP contribution in [0.4, 0.5) is 0 Å². The fourth-order valence-electron chi connectivity index (χ4n) is 3.85. The van der Waals surface area contributed by atoms with Gasteiger partial charge in [0.05, 0.1) is 6.61 Å². The SMILES string of the molecule is CCC(C)(C)c1ccc(OCCCC2CCCC2)c(C(C)(C)CC)c1. The van der Waals surface area contributed by atoms with Crippen LogP contribution in [-0.2, 0) is 10.8 Å². The van der Waals surface area contributed by atoms with Crippen molar-refractivity contribution in [3.8, 4) is 5.75 Å². The van der Waals surface area contributed by atoms with Crippen LogP contribution in [0.15, 0.2) is 18.2 Å². The summed E-state index contributed by atoms with van der Waals surface area (Å²) in [5, 5.41) is 0. The van der Waals surface area contributed by atoms with Crippen LogP contribution in [0.5, 0.6) is 5.75 Å². The predicted octanol–water partition coefficient (Wildman–Crippen LogP) is 7.41. The molecule has 1 aliphatic rings. The Morgan fingerprint density at radius 2 is 1.60 bits per heavy atom. The Hall–Kier alpha value is -0.980. The van der Waals surface area contributed by atoms with Crippen LogP contribution in [0.25, 0.3) is 0 Å². The first kappa shape index (κ1) is 20.3. The zero-order valence-corrected chi connectivity index (χ0v) is 17.6. The van der Waals surface area contributed by atoms with Crippen molar-refractivity contribution in [2.75, 3.05) is 6.61 Å². The van der Waals surface area contributed by atoms with Crippen molar-refractivity contribution >= 4 is 0 Å². The number of hydrogen-bond acceptors (Lipinski definition) is 1. The summed E-state index contributed by atoms with van der Waals surface area (Å²) in [6, 6.07) is 6.93. The molecule has 1 nitrogen and oxygen atoms in total. The third kappa shape index (κ3) is 5.25. The average molecular weight is 345 g/mol. The summed E-state index contributed by atoms with van der Waals surface area (Å²) in [5.41, 5.74) is 3.19. The molecule has 1 heteroatoms. The molecule has 1 saturated carbocycles. The Bertz CT molecular complexity index is 535. The molecule has 1 aliphatic carbocycles. The lowest BCUT2D eigenvalue weighted by Gasteiger charge is -2.30. The van der Waals surface area contributed by atoms with Crippen molar-refractivity contribution in [2.45, 2.75) is 104 Å². The third-order valence-electron chi connectivity index (χ3n) is 6.75. The minimum atomic E-state index is 0.153. The zero-order valence-electron chi connectivity index (χ0n) is 17.6. The Labute approximate surface area is 156 Å². The maximum Gasteiger partial charge on any atom is 0.123 e. The summed E-state index contributed by atoms with van der Waals surface area (Å²) in [6.07, 6.45) is 10.6. The topological polar surface area (TPSA) is 9.23 Å². The highest BCUT2D eigenvalue weighted by Crippen LogP contribution is 2.38. The molecule has 0 aromatic heterocycles. The second-order valence-corrected chi connectivity index (χ2v) is 9.33. The smallest absolute Gasteiger partial charge is 0.123 e. The maximum absolute atomic E-state index is 6.29. The number of ether oxygens (including phenoxy) is 1. The van der Waals surface area contributed by atoms with Gasteiger partial charge in [0.2, 0.25) is 0 Å². The van der Waals surface area contributed by atoms with Gasteiger partial charge in [0.15, 0.2) is 0 Å². The van der Waals surface area contributed by atoms with Crippen molar-refractivity contribution < 1.29 is 4.74 Å². The largest absolute Gasteiger partial charge is 0.493 e. The zero-order chi connectivity index (χ0) is 18.5. The van der Waals surface area contributed by atoms with Crippen molar-refractivity contribution in [3.63, 3.8) is 0 Å². The normalized spacial score (nSPS) is 16.4. The van der Waals surface area contributed by atoms with Gasteiger partial charge in [-0.3, -0.25) is 0 Å². The van der Waals surface area contributed by atoms with Gasteiger partial charge in [-0.2, -0.15) is 0 Å². The van der Waals surface area contributed by atoms with Crippen LogP contribution in [0, 0.1) is 5.92 Å². The Balaban J connectivity index is 2.09. The van der Waals surface area contributed by atoms with Crippen LogP contribution >= 0.6 is 0 Å². The van der Waals surface area contributed by atoms with E-state index in [9.17, 15) is 0 Å². The van der Waals surface area contributed by atoms with Crippen LogP contribution in [-0.4, -0.2) is 6.61 Å². The van der Waals surface area contributed by atoms with Crippen LogP contribution < -0.4 is 4.74 Å². The minimum Gasteiger partial charge on any atom is -0.493 e. The lowest BCUT2D eigenvalue weighted by molar-refractivity contribution is 0.284. The Kier molecular flexibility index (Phi) is 7.00. The summed E-state index contributed by atoms with van der Waals surface area (Å²) in [6.45, 7) is 14.8. The molecule has 1 aromatic rings. The average Bonchev–Trinajstić information content (AvgIpc) is 3.12. The van der Waals surface area contributed by atoms with Crippen LogP contribution in [0.1, 0.15) is 104 Å². The molecular formula is C24H40O. The van der Waals surface area contributed by atoms with Gasteiger partial charge < -0.3 is 4.74 Å². The lowest BCUT2D eigenvalue weighted by atomic mass is 9.76. The van der Waals surface area contributed by atoms with E-state index in [4.69, 9.17) is 4.74 Å².